The molecule has 5 heteroatoms. The van der Waals surface area contributed by atoms with Crippen LogP contribution in [-0.2, 0) is 4.43 Å². The standard InChI is InChI=1S/C22H30O2Si.C6H12O2/c1-22(2,3)25(20-14-8-6-9-15-20,21-16-10-7-11-17-21)24-19-13-5-4-12-18-23;7-5-3-1-2-4-6-8/h4-11,14-17,23H,12-13,18-19H2,1-3H3;1-2,7-8H,3-6H2/b5-4+;2-1+. The van der Waals surface area contributed by atoms with E-state index >= 15 is 0 Å². The van der Waals surface area contributed by atoms with E-state index in [1.165, 1.54) is 10.4 Å². The molecule has 0 unspecified atom stereocenters. The van der Waals surface area contributed by atoms with Gasteiger partial charge >= 0.3 is 0 Å². The fourth-order valence-corrected chi connectivity index (χ4v) is 8.32. The van der Waals surface area contributed by atoms with Crippen molar-refractivity contribution < 1.29 is 19.7 Å². The van der Waals surface area contributed by atoms with Crippen LogP contribution in [0.1, 0.15) is 46.5 Å². The lowest BCUT2D eigenvalue weighted by Crippen LogP contribution is -2.66. The molecule has 0 fully saturated rings. The molecule has 0 aliphatic rings. The van der Waals surface area contributed by atoms with Gasteiger partial charge in [0.25, 0.3) is 8.32 Å². The summed E-state index contributed by atoms with van der Waals surface area (Å²) in [7, 11) is -2.40. The average Bonchev–Trinajstić information content (AvgIpc) is 2.82. The van der Waals surface area contributed by atoms with Crippen LogP contribution in [0, 0.1) is 0 Å². The third-order valence-electron chi connectivity index (χ3n) is 5.24. The van der Waals surface area contributed by atoms with Crippen LogP contribution in [0.2, 0.25) is 5.04 Å². The summed E-state index contributed by atoms with van der Waals surface area (Å²) in [5.74, 6) is 0. The Balaban J connectivity index is 0.000000582. The lowest BCUT2D eigenvalue weighted by molar-refractivity contribution is 0.298. The van der Waals surface area contributed by atoms with Crippen LogP contribution in [0.25, 0.3) is 0 Å². The van der Waals surface area contributed by atoms with Crippen molar-refractivity contribution in [3.63, 3.8) is 0 Å². The topological polar surface area (TPSA) is 69.9 Å². The predicted octanol–water partition coefficient (Wildman–Crippen LogP) is 4.20. The lowest BCUT2D eigenvalue weighted by Gasteiger charge is -2.43. The average molecular weight is 471 g/mol. The first-order valence-electron chi connectivity index (χ1n) is 11.8. The molecule has 0 saturated heterocycles. The minimum Gasteiger partial charge on any atom is -0.407 e. The predicted molar refractivity (Wildman–Crippen MR) is 142 cm³/mol. The van der Waals surface area contributed by atoms with Crippen LogP contribution in [0.15, 0.2) is 85.0 Å². The summed E-state index contributed by atoms with van der Waals surface area (Å²) >= 11 is 0. The molecule has 33 heavy (non-hydrogen) atoms. The van der Waals surface area contributed by atoms with Crippen molar-refractivity contribution in [2.45, 2.75) is 51.5 Å². The van der Waals surface area contributed by atoms with Crippen LogP contribution >= 0.6 is 0 Å². The van der Waals surface area contributed by atoms with Gasteiger partial charge in [-0.2, -0.15) is 0 Å². The number of aliphatic hydroxyl groups excluding tert-OH is 3. The number of hydrogen-bond acceptors (Lipinski definition) is 4. The Kier molecular flexibility index (Phi) is 14.6. The van der Waals surface area contributed by atoms with Crippen LogP contribution in [0.3, 0.4) is 0 Å². The highest BCUT2D eigenvalue weighted by Crippen LogP contribution is 2.36. The number of aliphatic hydroxyl groups is 3. The molecule has 0 bridgehead atoms. The van der Waals surface area contributed by atoms with Crippen molar-refractivity contribution in [2.24, 2.45) is 0 Å². The largest absolute Gasteiger partial charge is 0.407 e. The van der Waals surface area contributed by atoms with E-state index in [9.17, 15) is 0 Å². The fraction of sp³-hybridized carbons (Fsp3) is 0.429. The third kappa shape index (κ3) is 9.78. The highest BCUT2D eigenvalue weighted by molar-refractivity contribution is 6.99. The Hall–Kier alpha value is -2.02. The van der Waals surface area contributed by atoms with Gasteiger partial charge in [0.05, 0.1) is 0 Å². The maximum absolute atomic E-state index is 8.88. The van der Waals surface area contributed by atoms with Crippen molar-refractivity contribution in [1.29, 1.82) is 0 Å². The van der Waals surface area contributed by atoms with Crippen LogP contribution in [0.5, 0.6) is 0 Å². The summed E-state index contributed by atoms with van der Waals surface area (Å²) in [6.07, 6.45) is 10.8. The van der Waals surface area contributed by atoms with Gasteiger partial charge in [-0.05, 0) is 41.1 Å². The zero-order chi connectivity index (χ0) is 24.4. The Morgan fingerprint density at radius 2 is 1.00 bits per heavy atom. The number of benzene rings is 2. The second kappa shape index (κ2) is 16.6. The van der Waals surface area contributed by atoms with E-state index in [0.29, 0.717) is 25.9 Å². The van der Waals surface area contributed by atoms with E-state index in [1.807, 2.05) is 18.2 Å². The first-order valence-corrected chi connectivity index (χ1v) is 13.7. The maximum atomic E-state index is 8.88. The second-order valence-corrected chi connectivity index (χ2v) is 13.1. The monoisotopic (exact) mass is 470 g/mol. The van der Waals surface area contributed by atoms with Crippen molar-refractivity contribution in [2.75, 3.05) is 26.4 Å². The Morgan fingerprint density at radius 1 is 0.636 bits per heavy atom. The molecular formula is C28H42O4Si. The van der Waals surface area contributed by atoms with Gasteiger partial charge in [-0.1, -0.05) is 106 Å². The van der Waals surface area contributed by atoms with Crippen LogP contribution in [0.4, 0.5) is 0 Å². The quantitative estimate of drug-likeness (QED) is 0.247. The first kappa shape index (κ1) is 29.0. The molecule has 3 N–H and O–H groups in total. The molecule has 2 aromatic rings. The highest BCUT2D eigenvalue weighted by Gasteiger charge is 2.49. The molecule has 0 spiro atoms. The smallest absolute Gasteiger partial charge is 0.261 e. The first-order chi connectivity index (χ1) is 15.9. The molecule has 2 aromatic carbocycles. The molecule has 0 radical (unpaired) electrons. The zero-order valence-corrected chi connectivity index (χ0v) is 21.5. The van der Waals surface area contributed by atoms with Gasteiger partial charge in [0.15, 0.2) is 0 Å². The van der Waals surface area contributed by atoms with E-state index in [-0.39, 0.29) is 24.9 Å². The Labute approximate surface area is 201 Å². The fourth-order valence-electron chi connectivity index (χ4n) is 3.74. The Bertz CT molecular complexity index is 735. The van der Waals surface area contributed by atoms with Gasteiger partial charge in [0, 0.05) is 26.4 Å². The minimum atomic E-state index is -2.40. The van der Waals surface area contributed by atoms with Crippen molar-refractivity contribution in [3.8, 4) is 0 Å². The summed E-state index contributed by atoms with van der Waals surface area (Å²) in [5.41, 5.74) is 0. The molecular weight excluding hydrogens is 428 g/mol. The molecule has 0 amide bonds. The van der Waals surface area contributed by atoms with Gasteiger partial charge in [-0.3, -0.25) is 0 Å². The van der Waals surface area contributed by atoms with E-state index in [1.54, 1.807) is 0 Å². The van der Waals surface area contributed by atoms with E-state index < -0.39 is 8.32 Å². The zero-order valence-electron chi connectivity index (χ0n) is 20.5. The van der Waals surface area contributed by atoms with E-state index in [4.69, 9.17) is 19.7 Å². The number of hydrogen-bond donors (Lipinski definition) is 3. The Morgan fingerprint density at radius 3 is 1.33 bits per heavy atom. The summed E-state index contributed by atoms with van der Waals surface area (Å²) in [4.78, 5) is 0. The third-order valence-corrected chi connectivity index (χ3v) is 10.3. The summed E-state index contributed by atoms with van der Waals surface area (Å²) in [5, 5.41) is 28.0. The molecule has 0 aliphatic heterocycles. The van der Waals surface area contributed by atoms with Gasteiger partial charge in [0.1, 0.15) is 0 Å². The molecule has 0 heterocycles. The van der Waals surface area contributed by atoms with Crippen LogP contribution in [-0.4, -0.2) is 50.1 Å². The molecule has 0 atom stereocenters. The SMILES string of the molecule is CC(C)(C)[Si](OCC/C=C/CCO)(c1ccccc1)c1ccccc1.OCC/C=C/CCO. The van der Waals surface area contributed by atoms with Crippen molar-refractivity contribution in [1.82, 2.24) is 0 Å². The molecule has 4 nitrogen and oxygen atoms in total. The summed E-state index contributed by atoms with van der Waals surface area (Å²) in [6, 6.07) is 21.4. The lowest BCUT2D eigenvalue weighted by atomic mass is 10.2. The molecule has 2 rings (SSSR count). The minimum absolute atomic E-state index is 0.0184. The molecule has 0 saturated carbocycles. The molecule has 0 aromatic heterocycles. The normalized spacial score (nSPS) is 12.2. The summed E-state index contributed by atoms with van der Waals surface area (Å²) < 4.78 is 6.77. The number of rotatable bonds is 12. The maximum Gasteiger partial charge on any atom is 0.261 e. The van der Waals surface area contributed by atoms with E-state index in [0.717, 1.165) is 6.42 Å². The van der Waals surface area contributed by atoms with Gasteiger partial charge in [0.2, 0.25) is 0 Å². The van der Waals surface area contributed by atoms with Crippen molar-refractivity contribution in [3.05, 3.63) is 85.0 Å². The highest BCUT2D eigenvalue weighted by atomic mass is 28.4. The van der Waals surface area contributed by atoms with Gasteiger partial charge in [-0.25, -0.2) is 0 Å². The van der Waals surface area contributed by atoms with E-state index in [2.05, 4.69) is 87.5 Å². The van der Waals surface area contributed by atoms with Gasteiger partial charge in [-0.15, -0.1) is 0 Å². The molecule has 0 aliphatic carbocycles. The van der Waals surface area contributed by atoms with Gasteiger partial charge < -0.3 is 19.7 Å². The second-order valence-electron chi connectivity index (χ2n) is 8.78. The summed E-state index contributed by atoms with van der Waals surface area (Å²) in [6.45, 7) is 8.16. The van der Waals surface area contributed by atoms with Crippen molar-refractivity contribution >= 4 is 18.7 Å². The van der Waals surface area contributed by atoms with Crippen LogP contribution < -0.4 is 10.4 Å². The molecule has 182 valence electrons.